The zero-order chi connectivity index (χ0) is 11.5. The normalized spacial score (nSPS) is 34.7. The summed E-state index contributed by atoms with van der Waals surface area (Å²) in [6.07, 6.45) is 8.97. The Hall–Kier alpha value is -0.0800. The van der Waals surface area contributed by atoms with Gasteiger partial charge in [0.15, 0.2) is 0 Å². The van der Waals surface area contributed by atoms with Crippen molar-refractivity contribution < 1.29 is 5.11 Å². The standard InChI is InChI=1S/C14H27NO/c1-3-13-9-8-11(2)15(13)10-14(16)12-6-4-5-7-12/h11-14,16H,3-10H2,1-2H3. The first-order valence-corrected chi connectivity index (χ1v) is 7.16. The summed E-state index contributed by atoms with van der Waals surface area (Å²) in [5.74, 6) is 0.588. The second-order valence-electron chi connectivity index (χ2n) is 5.80. The monoisotopic (exact) mass is 225 g/mol. The number of rotatable bonds is 4. The van der Waals surface area contributed by atoms with E-state index in [1.807, 2.05) is 0 Å². The maximum Gasteiger partial charge on any atom is 0.0695 e. The van der Waals surface area contributed by atoms with Gasteiger partial charge in [0.05, 0.1) is 6.10 Å². The number of aliphatic hydroxyl groups is 1. The molecule has 2 nitrogen and oxygen atoms in total. The Labute approximate surface area is 100 Å². The summed E-state index contributed by atoms with van der Waals surface area (Å²) in [7, 11) is 0. The molecule has 2 aliphatic rings. The highest BCUT2D eigenvalue weighted by Gasteiger charge is 2.33. The van der Waals surface area contributed by atoms with E-state index < -0.39 is 0 Å². The molecule has 1 saturated carbocycles. The molecule has 3 unspecified atom stereocenters. The predicted molar refractivity (Wildman–Crippen MR) is 67.4 cm³/mol. The highest BCUT2D eigenvalue weighted by Crippen LogP contribution is 2.31. The van der Waals surface area contributed by atoms with Crippen LogP contribution in [0.2, 0.25) is 0 Å². The van der Waals surface area contributed by atoms with Crippen molar-refractivity contribution in [1.29, 1.82) is 0 Å². The van der Waals surface area contributed by atoms with Crippen molar-refractivity contribution in [3.63, 3.8) is 0 Å². The molecular formula is C14H27NO. The Morgan fingerprint density at radius 1 is 1.19 bits per heavy atom. The summed E-state index contributed by atoms with van der Waals surface area (Å²) < 4.78 is 0. The van der Waals surface area contributed by atoms with Crippen LogP contribution in [0.3, 0.4) is 0 Å². The molecule has 94 valence electrons. The van der Waals surface area contributed by atoms with E-state index in [2.05, 4.69) is 18.7 Å². The van der Waals surface area contributed by atoms with Crippen molar-refractivity contribution in [3.8, 4) is 0 Å². The molecule has 0 aromatic heterocycles. The SMILES string of the molecule is CCC1CCC(C)N1CC(O)C1CCCC1. The van der Waals surface area contributed by atoms with Gasteiger partial charge in [0.1, 0.15) is 0 Å². The van der Waals surface area contributed by atoms with Gasteiger partial charge in [0, 0.05) is 18.6 Å². The first-order chi connectivity index (χ1) is 7.72. The van der Waals surface area contributed by atoms with Gasteiger partial charge in [-0.3, -0.25) is 4.90 Å². The van der Waals surface area contributed by atoms with Crippen molar-refractivity contribution in [2.24, 2.45) is 5.92 Å². The van der Waals surface area contributed by atoms with Gasteiger partial charge in [-0.2, -0.15) is 0 Å². The van der Waals surface area contributed by atoms with Gasteiger partial charge < -0.3 is 5.11 Å². The lowest BCUT2D eigenvalue weighted by Crippen LogP contribution is -2.42. The first kappa shape index (κ1) is 12.4. The Balaban J connectivity index is 1.86. The molecule has 1 saturated heterocycles. The van der Waals surface area contributed by atoms with E-state index in [0.717, 1.165) is 12.6 Å². The average Bonchev–Trinajstić information content (AvgIpc) is 2.89. The van der Waals surface area contributed by atoms with E-state index in [0.29, 0.717) is 12.0 Å². The van der Waals surface area contributed by atoms with Crippen molar-refractivity contribution in [2.45, 2.75) is 77.0 Å². The van der Waals surface area contributed by atoms with E-state index in [9.17, 15) is 5.11 Å². The molecule has 0 amide bonds. The van der Waals surface area contributed by atoms with Crippen LogP contribution in [-0.4, -0.2) is 34.7 Å². The van der Waals surface area contributed by atoms with Gasteiger partial charge in [0.2, 0.25) is 0 Å². The molecule has 0 bridgehead atoms. The van der Waals surface area contributed by atoms with Gasteiger partial charge >= 0.3 is 0 Å². The molecule has 0 spiro atoms. The fourth-order valence-corrected chi connectivity index (χ4v) is 3.60. The van der Waals surface area contributed by atoms with Crippen LogP contribution >= 0.6 is 0 Å². The highest BCUT2D eigenvalue weighted by atomic mass is 16.3. The molecule has 1 N–H and O–H groups in total. The molecule has 0 aromatic carbocycles. The van der Waals surface area contributed by atoms with Gasteiger partial charge in [0.25, 0.3) is 0 Å². The lowest BCUT2D eigenvalue weighted by Gasteiger charge is -2.31. The minimum absolute atomic E-state index is 0.0721. The Morgan fingerprint density at radius 3 is 2.50 bits per heavy atom. The Bertz CT molecular complexity index is 213. The van der Waals surface area contributed by atoms with Gasteiger partial charge in [-0.15, -0.1) is 0 Å². The Morgan fingerprint density at radius 2 is 1.88 bits per heavy atom. The summed E-state index contributed by atoms with van der Waals surface area (Å²) in [6.45, 7) is 5.51. The number of nitrogens with zero attached hydrogens (tertiary/aromatic N) is 1. The maximum atomic E-state index is 10.3. The molecule has 0 aromatic rings. The molecule has 1 heterocycles. The predicted octanol–water partition coefficient (Wildman–Crippen LogP) is 2.80. The minimum Gasteiger partial charge on any atom is -0.392 e. The smallest absolute Gasteiger partial charge is 0.0695 e. The maximum absolute atomic E-state index is 10.3. The Kier molecular flexibility index (Phi) is 4.26. The molecule has 3 atom stereocenters. The van der Waals surface area contributed by atoms with Gasteiger partial charge in [-0.1, -0.05) is 19.8 Å². The van der Waals surface area contributed by atoms with Crippen molar-refractivity contribution in [3.05, 3.63) is 0 Å². The van der Waals surface area contributed by atoms with E-state index in [4.69, 9.17) is 0 Å². The van der Waals surface area contributed by atoms with Crippen molar-refractivity contribution in [2.75, 3.05) is 6.54 Å². The van der Waals surface area contributed by atoms with Gasteiger partial charge in [-0.05, 0) is 44.9 Å². The second kappa shape index (κ2) is 5.50. The van der Waals surface area contributed by atoms with Gasteiger partial charge in [-0.25, -0.2) is 0 Å². The van der Waals surface area contributed by atoms with Crippen LogP contribution < -0.4 is 0 Å². The molecule has 2 fully saturated rings. The van der Waals surface area contributed by atoms with E-state index >= 15 is 0 Å². The lowest BCUT2D eigenvalue weighted by atomic mass is 10.00. The molecule has 0 radical (unpaired) electrons. The quantitative estimate of drug-likeness (QED) is 0.795. The summed E-state index contributed by atoms with van der Waals surface area (Å²) in [4.78, 5) is 2.56. The summed E-state index contributed by atoms with van der Waals surface area (Å²) in [5, 5.41) is 10.3. The number of aliphatic hydroxyl groups excluding tert-OH is 1. The van der Waals surface area contributed by atoms with E-state index in [-0.39, 0.29) is 6.10 Å². The van der Waals surface area contributed by atoms with Crippen LogP contribution in [0.5, 0.6) is 0 Å². The van der Waals surface area contributed by atoms with E-state index in [1.54, 1.807) is 0 Å². The molecule has 1 aliphatic heterocycles. The van der Waals surface area contributed by atoms with Crippen LogP contribution in [0, 0.1) is 5.92 Å². The number of β-amino-alcohol motifs (C(OH)–C–C–N with tert-alkyl or cyclic N) is 1. The van der Waals surface area contributed by atoms with Crippen molar-refractivity contribution in [1.82, 2.24) is 4.90 Å². The number of hydrogen-bond acceptors (Lipinski definition) is 2. The highest BCUT2D eigenvalue weighted by molar-refractivity contribution is 4.87. The van der Waals surface area contributed by atoms with Crippen LogP contribution in [-0.2, 0) is 0 Å². The third kappa shape index (κ3) is 2.60. The lowest BCUT2D eigenvalue weighted by molar-refractivity contribution is 0.0475. The fourth-order valence-electron chi connectivity index (χ4n) is 3.60. The molecule has 1 aliphatic carbocycles. The van der Waals surface area contributed by atoms with Crippen LogP contribution in [0.1, 0.15) is 58.8 Å². The summed E-state index contributed by atoms with van der Waals surface area (Å²) in [5.41, 5.74) is 0. The van der Waals surface area contributed by atoms with Crippen LogP contribution in [0.4, 0.5) is 0 Å². The summed E-state index contributed by atoms with van der Waals surface area (Å²) >= 11 is 0. The molecule has 2 rings (SSSR count). The topological polar surface area (TPSA) is 23.5 Å². The zero-order valence-corrected chi connectivity index (χ0v) is 10.9. The average molecular weight is 225 g/mol. The van der Waals surface area contributed by atoms with Crippen molar-refractivity contribution >= 4 is 0 Å². The van der Waals surface area contributed by atoms with Crippen LogP contribution in [0.15, 0.2) is 0 Å². The molecule has 16 heavy (non-hydrogen) atoms. The third-order valence-corrected chi connectivity index (χ3v) is 4.77. The second-order valence-corrected chi connectivity index (χ2v) is 5.80. The number of likely N-dealkylation sites (tertiary alicyclic amines) is 1. The third-order valence-electron chi connectivity index (χ3n) is 4.77. The fraction of sp³-hybridized carbons (Fsp3) is 1.00. The molecule has 2 heteroatoms. The van der Waals surface area contributed by atoms with E-state index in [1.165, 1.54) is 44.9 Å². The molecular weight excluding hydrogens is 198 g/mol. The zero-order valence-electron chi connectivity index (χ0n) is 10.9. The minimum atomic E-state index is -0.0721. The largest absolute Gasteiger partial charge is 0.392 e. The van der Waals surface area contributed by atoms with Crippen LogP contribution in [0.25, 0.3) is 0 Å². The number of hydrogen-bond donors (Lipinski definition) is 1. The first-order valence-electron chi connectivity index (χ1n) is 7.16. The summed E-state index contributed by atoms with van der Waals surface area (Å²) in [6, 6.07) is 1.41.